The molecule has 0 aromatic heterocycles. The van der Waals surface area contributed by atoms with E-state index in [1.165, 1.54) is 0 Å². The highest BCUT2D eigenvalue weighted by Gasteiger charge is 2.29. The zero-order valence-corrected chi connectivity index (χ0v) is 19.0. The molecule has 0 aromatic carbocycles. The molecule has 3 atom stereocenters. The molecule has 0 aromatic rings. The second-order valence-corrected chi connectivity index (χ2v) is 7.45. The third-order valence-electron chi connectivity index (χ3n) is 4.62. The summed E-state index contributed by atoms with van der Waals surface area (Å²) in [7, 11) is 0. The van der Waals surface area contributed by atoms with Crippen LogP contribution in [0.2, 0.25) is 0 Å². The number of guanidine groups is 1. The third-order valence-corrected chi connectivity index (χ3v) is 4.62. The first-order valence-corrected chi connectivity index (χ1v) is 10.8. The largest absolute Gasteiger partial charge is 0.481 e. The van der Waals surface area contributed by atoms with Gasteiger partial charge in [-0.3, -0.25) is 24.2 Å². The van der Waals surface area contributed by atoms with Gasteiger partial charge in [-0.25, -0.2) is 4.79 Å². The lowest BCUT2D eigenvalue weighted by Crippen LogP contribution is -2.56. The van der Waals surface area contributed by atoms with E-state index in [0.717, 1.165) is 0 Å². The SMILES string of the molecule is NCCCCC(NC(=O)C(CCCN=C(N)N)NC(=O)CN)C(=O)NC(CCC(=O)O)C(=O)O. The molecule has 0 saturated carbocycles. The summed E-state index contributed by atoms with van der Waals surface area (Å²) in [4.78, 5) is 63.3. The molecular formula is C19H36N8O7. The summed E-state index contributed by atoms with van der Waals surface area (Å²) in [5.41, 5.74) is 21.3. The van der Waals surface area contributed by atoms with Crippen LogP contribution in [0.5, 0.6) is 0 Å². The molecule has 0 aliphatic rings. The minimum absolute atomic E-state index is 0.125. The molecule has 15 heteroatoms. The van der Waals surface area contributed by atoms with Crippen molar-refractivity contribution in [1.29, 1.82) is 0 Å². The lowest BCUT2D eigenvalue weighted by molar-refractivity contribution is -0.143. The number of hydrogen-bond acceptors (Lipinski definition) is 8. The normalized spacial score (nSPS) is 13.1. The molecule has 194 valence electrons. The van der Waals surface area contributed by atoms with Crippen LogP contribution in [0.15, 0.2) is 4.99 Å². The molecule has 0 fully saturated rings. The van der Waals surface area contributed by atoms with E-state index >= 15 is 0 Å². The quantitative estimate of drug-likeness (QED) is 0.0519. The zero-order chi connectivity index (χ0) is 26.1. The summed E-state index contributed by atoms with van der Waals surface area (Å²) in [6.07, 6.45) is 0.817. The van der Waals surface area contributed by atoms with E-state index in [1.54, 1.807) is 0 Å². The Bertz CT molecular complexity index is 727. The number of carbonyl (C=O) groups excluding carboxylic acids is 3. The first kappa shape index (κ1) is 30.5. The van der Waals surface area contributed by atoms with E-state index in [0.29, 0.717) is 25.8 Å². The van der Waals surface area contributed by atoms with Crippen LogP contribution in [0.25, 0.3) is 0 Å². The van der Waals surface area contributed by atoms with Gasteiger partial charge in [0.25, 0.3) is 0 Å². The van der Waals surface area contributed by atoms with Crippen molar-refractivity contribution >= 4 is 35.6 Å². The number of nitrogens with two attached hydrogens (primary N) is 4. The summed E-state index contributed by atoms with van der Waals surface area (Å²) < 4.78 is 0. The van der Waals surface area contributed by atoms with Crippen molar-refractivity contribution in [3.05, 3.63) is 0 Å². The van der Waals surface area contributed by atoms with Gasteiger partial charge < -0.3 is 49.1 Å². The Morgan fingerprint density at radius 3 is 1.82 bits per heavy atom. The Morgan fingerprint density at radius 2 is 1.32 bits per heavy atom. The molecule has 0 heterocycles. The molecule has 0 bridgehead atoms. The van der Waals surface area contributed by atoms with Crippen LogP contribution >= 0.6 is 0 Å². The number of nitrogens with zero attached hydrogens (tertiary/aromatic N) is 1. The van der Waals surface area contributed by atoms with Crippen LogP contribution in [0.1, 0.15) is 44.9 Å². The van der Waals surface area contributed by atoms with Gasteiger partial charge >= 0.3 is 11.9 Å². The molecule has 0 aliphatic heterocycles. The number of hydrogen-bond donors (Lipinski definition) is 9. The van der Waals surface area contributed by atoms with Crippen LogP contribution < -0.4 is 38.9 Å². The lowest BCUT2D eigenvalue weighted by Gasteiger charge is -2.24. The molecule has 34 heavy (non-hydrogen) atoms. The number of unbranched alkanes of at least 4 members (excludes halogenated alkanes) is 1. The molecule has 0 rings (SSSR count). The van der Waals surface area contributed by atoms with Crippen molar-refractivity contribution in [2.75, 3.05) is 19.6 Å². The molecular weight excluding hydrogens is 452 g/mol. The molecule has 3 unspecified atom stereocenters. The molecule has 3 amide bonds. The number of carboxylic acid groups (broad SMARTS) is 2. The number of carbonyl (C=O) groups is 5. The van der Waals surface area contributed by atoms with Crippen molar-refractivity contribution in [3.8, 4) is 0 Å². The maximum absolute atomic E-state index is 12.9. The van der Waals surface area contributed by atoms with Crippen molar-refractivity contribution in [2.24, 2.45) is 27.9 Å². The molecule has 13 N–H and O–H groups in total. The highest BCUT2D eigenvalue weighted by Crippen LogP contribution is 2.06. The highest BCUT2D eigenvalue weighted by atomic mass is 16.4. The predicted octanol–water partition coefficient (Wildman–Crippen LogP) is -3.47. The Balaban J connectivity index is 5.41. The number of aliphatic carboxylic acids is 2. The van der Waals surface area contributed by atoms with Crippen molar-refractivity contribution in [3.63, 3.8) is 0 Å². The van der Waals surface area contributed by atoms with Gasteiger partial charge in [-0.2, -0.15) is 0 Å². The van der Waals surface area contributed by atoms with Gasteiger partial charge in [-0.1, -0.05) is 0 Å². The number of amides is 3. The van der Waals surface area contributed by atoms with E-state index in [4.69, 9.17) is 28.0 Å². The second kappa shape index (κ2) is 17.1. The monoisotopic (exact) mass is 488 g/mol. The number of aliphatic imine (C=N–C) groups is 1. The minimum atomic E-state index is -1.45. The first-order valence-electron chi connectivity index (χ1n) is 10.8. The standard InChI is InChI=1S/C19H36N8O7/c20-8-2-1-4-12(17(32)27-13(18(33)34)6-7-15(29)30)26-16(31)11(25-14(28)10-21)5-3-9-24-19(22)23/h11-13H,1-10,20-21H2,(H,25,28)(H,26,31)(H,27,32)(H,29,30)(H,33,34)(H4,22,23,24). The molecule has 15 nitrogen and oxygen atoms in total. The second-order valence-electron chi connectivity index (χ2n) is 7.45. The summed E-state index contributed by atoms with van der Waals surface area (Å²) in [6, 6.07) is -3.64. The Kier molecular flexibility index (Phi) is 15.3. The van der Waals surface area contributed by atoms with Gasteiger partial charge in [-0.05, 0) is 45.1 Å². The molecule has 0 aliphatic carbocycles. The maximum Gasteiger partial charge on any atom is 0.326 e. The van der Waals surface area contributed by atoms with Crippen molar-refractivity contribution < 1.29 is 34.2 Å². The smallest absolute Gasteiger partial charge is 0.326 e. The zero-order valence-electron chi connectivity index (χ0n) is 19.0. The van der Waals surface area contributed by atoms with Crippen LogP contribution in [0.4, 0.5) is 0 Å². The van der Waals surface area contributed by atoms with E-state index in [1.807, 2.05) is 0 Å². The fraction of sp³-hybridized carbons (Fsp3) is 0.684. The van der Waals surface area contributed by atoms with E-state index in [2.05, 4.69) is 20.9 Å². The van der Waals surface area contributed by atoms with Gasteiger partial charge in [0.15, 0.2) is 5.96 Å². The van der Waals surface area contributed by atoms with Crippen molar-refractivity contribution in [1.82, 2.24) is 16.0 Å². The maximum atomic E-state index is 12.9. The third kappa shape index (κ3) is 13.8. The van der Waals surface area contributed by atoms with Gasteiger partial charge in [0.05, 0.1) is 6.54 Å². The topological polar surface area (TPSA) is 278 Å². The van der Waals surface area contributed by atoms with Crippen molar-refractivity contribution in [2.45, 2.75) is 63.1 Å². The first-order chi connectivity index (χ1) is 16.0. The Morgan fingerprint density at radius 1 is 0.765 bits per heavy atom. The fourth-order valence-electron chi connectivity index (χ4n) is 2.86. The summed E-state index contributed by atoms with van der Waals surface area (Å²) in [5, 5.41) is 25.3. The predicted molar refractivity (Wildman–Crippen MR) is 122 cm³/mol. The summed E-state index contributed by atoms with van der Waals surface area (Å²) in [6.45, 7) is 0.190. The van der Waals surface area contributed by atoms with Gasteiger partial charge in [0, 0.05) is 13.0 Å². The number of rotatable bonds is 18. The van der Waals surface area contributed by atoms with E-state index in [-0.39, 0.29) is 38.3 Å². The number of carboxylic acids is 2. The summed E-state index contributed by atoms with van der Waals surface area (Å²) in [5.74, 6) is -4.82. The van der Waals surface area contributed by atoms with Gasteiger partial charge in [0.2, 0.25) is 17.7 Å². The molecule has 0 radical (unpaired) electrons. The van der Waals surface area contributed by atoms with Gasteiger partial charge in [-0.15, -0.1) is 0 Å². The Hall–Kier alpha value is -3.46. The Labute approximate surface area is 197 Å². The van der Waals surface area contributed by atoms with Crippen LogP contribution in [0, 0.1) is 0 Å². The average Bonchev–Trinajstić information content (AvgIpc) is 2.76. The molecule has 0 saturated heterocycles. The minimum Gasteiger partial charge on any atom is -0.481 e. The summed E-state index contributed by atoms with van der Waals surface area (Å²) >= 11 is 0. The lowest BCUT2D eigenvalue weighted by atomic mass is 10.0. The van der Waals surface area contributed by atoms with E-state index in [9.17, 15) is 29.1 Å². The van der Waals surface area contributed by atoms with Crippen LogP contribution in [-0.4, -0.2) is 83.6 Å². The number of nitrogens with one attached hydrogen (secondary N) is 3. The van der Waals surface area contributed by atoms with Crippen LogP contribution in [0.3, 0.4) is 0 Å². The van der Waals surface area contributed by atoms with Crippen LogP contribution in [-0.2, 0) is 24.0 Å². The average molecular weight is 489 g/mol. The molecule has 0 spiro atoms. The fourth-order valence-corrected chi connectivity index (χ4v) is 2.86. The van der Waals surface area contributed by atoms with Gasteiger partial charge in [0.1, 0.15) is 18.1 Å². The highest BCUT2D eigenvalue weighted by molar-refractivity contribution is 5.93. The van der Waals surface area contributed by atoms with E-state index < -0.39 is 54.2 Å².